The molecule has 0 aliphatic carbocycles. The normalized spacial score (nSPS) is 11.0. The molecule has 0 atom stereocenters. The Balaban J connectivity index is 1.84. The number of benzene rings is 1. The Hall–Kier alpha value is -2.01. The number of fused-ring (bicyclic) bond motifs is 1. The van der Waals surface area contributed by atoms with Gasteiger partial charge < -0.3 is 10.1 Å². The maximum Gasteiger partial charge on any atom is 0.194 e. The predicted octanol–water partition coefficient (Wildman–Crippen LogP) is 4.02. The molecule has 1 aromatic carbocycles. The SMILES string of the molecule is CCOc1cc(C)ccc1NCc1c(C)nc2sccn12. The molecule has 0 saturated heterocycles. The van der Waals surface area contributed by atoms with Crippen molar-refractivity contribution in [3.8, 4) is 5.75 Å². The Morgan fingerprint density at radius 1 is 1.33 bits per heavy atom. The molecule has 0 amide bonds. The van der Waals surface area contributed by atoms with Crippen LogP contribution in [0.5, 0.6) is 5.75 Å². The molecule has 0 unspecified atom stereocenters. The van der Waals surface area contributed by atoms with Crippen LogP contribution < -0.4 is 10.1 Å². The highest BCUT2D eigenvalue weighted by atomic mass is 32.1. The summed E-state index contributed by atoms with van der Waals surface area (Å²) >= 11 is 1.66. The lowest BCUT2D eigenvalue weighted by Crippen LogP contribution is -2.05. The maximum absolute atomic E-state index is 5.71. The van der Waals surface area contributed by atoms with Crippen molar-refractivity contribution in [1.82, 2.24) is 9.38 Å². The number of nitrogens with zero attached hydrogens (tertiary/aromatic N) is 2. The van der Waals surface area contributed by atoms with Gasteiger partial charge in [-0.2, -0.15) is 0 Å². The van der Waals surface area contributed by atoms with Gasteiger partial charge in [0.05, 0.1) is 30.2 Å². The van der Waals surface area contributed by atoms with Crippen LogP contribution in [-0.2, 0) is 6.54 Å². The van der Waals surface area contributed by atoms with Gasteiger partial charge in [0, 0.05) is 11.6 Å². The Morgan fingerprint density at radius 3 is 3.00 bits per heavy atom. The van der Waals surface area contributed by atoms with E-state index in [0.29, 0.717) is 6.61 Å². The van der Waals surface area contributed by atoms with Gasteiger partial charge in [-0.3, -0.25) is 4.40 Å². The van der Waals surface area contributed by atoms with Crippen molar-refractivity contribution in [2.75, 3.05) is 11.9 Å². The highest BCUT2D eigenvalue weighted by molar-refractivity contribution is 7.15. The fourth-order valence-electron chi connectivity index (χ4n) is 2.38. The molecule has 4 nitrogen and oxygen atoms in total. The molecule has 2 aromatic heterocycles. The predicted molar refractivity (Wildman–Crippen MR) is 87.5 cm³/mol. The Labute approximate surface area is 128 Å². The minimum absolute atomic E-state index is 0.665. The number of thiazole rings is 1. The van der Waals surface area contributed by atoms with Gasteiger partial charge >= 0.3 is 0 Å². The van der Waals surface area contributed by atoms with Crippen LogP contribution in [0, 0.1) is 13.8 Å². The molecule has 2 heterocycles. The standard InChI is InChI=1S/C16H19N3OS/c1-4-20-15-9-11(2)5-6-13(15)17-10-14-12(3)18-16-19(14)7-8-21-16/h5-9,17H,4,10H2,1-3H3. The second kappa shape index (κ2) is 5.77. The van der Waals surface area contributed by atoms with E-state index in [1.165, 1.54) is 11.3 Å². The highest BCUT2D eigenvalue weighted by Crippen LogP contribution is 2.27. The topological polar surface area (TPSA) is 38.6 Å². The minimum Gasteiger partial charge on any atom is -0.492 e. The molecule has 5 heteroatoms. The molecule has 0 bridgehead atoms. The van der Waals surface area contributed by atoms with Gasteiger partial charge in [0.25, 0.3) is 0 Å². The van der Waals surface area contributed by atoms with Crippen LogP contribution >= 0.6 is 11.3 Å². The summed E-state index contributed by atoms with van der Waals surface area (Å²) in [6, 6.07) is 6.23. The summed E-state index contributed by atoms with van der Waals surface area (Å²) in [6.45, 7) is 7.52. The zero-order chi connectivity index (χ0) is 14.8. The van der Waals surface area contributed by atoms with Crippen LogP contribution in [0.15, 0.2) is 29.8 Å². The number of ether oxygens (including phenoxy) is 1. The molecule has 0 saturated carbocycles. The Kier molecular flexibility index (Phi) is 3.84. The van der Waals surface area contributed by atoms with E-state index in [2.05, 4.69) is 58.3 Å². The molecule has 0 fully saturated rings. The van der Waals surface area contributed by atoms with Crippen LogP contribution in [0.4, 0.5) is 5.69 Å². The lowest BCUT2D eigenvalue weighted by atomic mass is 10.2. The first kappa shape index (κ1) is 13.9. The smallest absolute Gasteiger partial charge is 0.194 e. The number of imidazole rings is 1. The van der Waals surface area contributed by atoms with E-state index in [-0.39, 0.29) is 0 Å². The van der Waals surface area contributed by atoms with Gasteiger partial charge in [0.2, 0.25) is 0 Å². The molecular formula is C16H19N3OS. The van der Waals surface area contributed by atoms with Crippen molar-refractivity contribution < 1.29 is 4.74 Å². The highest BCUT2D eigenvalue weighted by Gasteiger charge is 2.10. The summed E-state index contributed by atoms with van der Waals surface area (Å²) in [5, 5.41) is 5.53. The third kappa shape index (κ3) is 2.74. The lowest BCUT2D eigenvalue weighted by molar-refractivity contribution is 0.341. The Bertz CT molecular complexity index is 760. The van der Waals surface area contributed by atoms with Gasteiger partial charge in [-0.05, 0) is 38.5 Å². The number of hydrogen-bond donors (Lipinski definition) is 1. The molecule has 3 aromatic rings. The first-order chi connectivity index (χ1) is 10.2. The first-order valence-electron chi connectivity index (χ1n) is 7.07. The van der Waals surface area contributed by atoms with Gasteiger partial charge in [-0.1, -0.05) is 6.07 Å². The van der Waals surface area contributed by atoms with E-state index in [9.17, 15) is 0 Å². The van der Waals surface area contributed by atoms with E-state index in [1.54, 1.807) is 11.3 Å². The van der Waals surface area contributed by atoms with Gasteiger partial charge in [0.15, 0.2) is 4.96 Å². The number of aromatic nitrogens is 2. The van der Waals surface area contributed by atoms with Crippen LogP contribution in [-0.4, -0.2) is 16.0 Å². The molecule has 0 radical (unpaired) electrons. The fraction of sp³-hybridized carbons (Fsp3) is 0.312. The lowest BCUT2D eigenvalue weighted by Gasteiger charge is -2.13. The second-order valence-corrected chi connectivity index (χ2v) is 5.86. The third-order valence-electron chi connectivity index (χ3n) is 3.44. The molecule has 0 spiro atoms. The van der Waals surface area contributed by atoms with E-state index in [4.69, 9.17) is 4.74 Å². The van der Waals surface area contributed by atoms with Crippen molar-refractivity contribution in [2.24, 2.45) is 0 Å². The molecular weight excluding hydrogens is 282 g/mol. The number of nitrogens with one attached hydrogen (secondary N) is 1. The molecule has 21 heavy (non-hydrogen) atoms. The first-order valence-corrected chi connectivity index (χ1v) is 7.95. The van der Waals surface area contributed by atoms with Crippen molar-refractivity contribution >= 4 is 22.0 Å². The van der Waals surface area contributed by atoms with E-state index >= 15 is 0 Å². The van der Waals surface area contributed by atoms with Crippen LogP contribution in [0.3, 0.4) is 0 Å². The summed E-state index contributed by atoms with van der Waals surface area (Å²) in [6.07, 6.45) is 2.07. The van der Waals surface area contributed by atoms with Crippen molar-refractivity contribution in [1.29, 1.82) is 0 Å². The average molecular weight is 301 g/mol. The van der Waals surface area contributed by atoms with Crippen molar-refractivity contribution in [2.45, 2.75) is 27.3 Å². The molecule has 110 valence electrons. The Morgan fingerprint density at radius 2 is 2.19 bits per heavy atom. The average Bonchev–Trinajstić information content (AvgIpc) is 3.00. The zero-order valence-corrected chi connectivity index (χ0v) is 13.3. The van der Waals surface area contributed by atoms with E-state index in [0.717, 1.165) is 28.6 Å². The van der Waals surface area contributed by atoms with Gasteiger partial charge in [-0.25, -0.2) is 4.98 Å². The fourth-order valence-corrected chi connectivity index (χ4v) is 3.16. The van der Waals surface area contributed by atoms with Crippen LogP contribution in [0.2, 0.25) is 0 Å². The summed E-state index contributed by atoms with van der Waals surface area (Å²) in [4.78, 5) is 5.61. The van der Waals surface area contributed by atoms with Gasteiger partial charge in [-0.15, -0.1) is 11.3 Å². The number of aryl methyl sites for hydroxylation is 2. The summed E-state index contributed by atoms with van der Waals surface area (Å²) in [5.41, 5.74) is 4.48. The van der Waals surface area contributed by atoms with Crippen LogP contribution in [0.25, 0.3) is 4.96 Å². The largest absolute Gasteiger partial charge is 0.492 e. The zero-order valence-electron chi connectivity index (χ0n) is 12.5. The monoisotopic (exact) mass is 301 g/mol. The van der Waals surface area contributed by atoms with Crippen molar-refractivity contribution in [3.05, 3.63) is 46.7 Å². The molecule has 1 N–H and O–H groups in total. The summed E-state index contributed by atoms with van der Waals surface area (Å²) in [7, 11) is 0. The van der Waals surface area contributed by atoms with E-state index in [1.807, 2.05) is 6.92 Å². The summed E-state index contributed by atoms with van der Waals surface area (Å²) in [5.74, 6) is 0.904. The minimum atomic E-state index is 0.665. The van der Waals surface area contributed by atoms with Crippen molar-refractivity contribution in [3.63, 3.8) is 0 Å². The summed E-state index contributed by atoms with van der Waals surface area (Å²) < 4.78 is 7.85. The number of rotatable bonds is 5. The number of hydrogen-bond acceptors (Lipinski definition) is 4. The third-order valence-corrected chi connectivity index (χ3v) is 4.20. The van der Waals surface area contributed by atoms with Gasteiger partial charge in [0.1, 0.15) is 5.75 Å². The molecule has 3 rings (SSSR count). The second-order valence-electron chi connectivity index (χ2n) is 4.99. The molecule has 0 aliphatic heterocycles. The quantitative estimate of drug-likeness (QED) is 0.773. The van der Waals surface area contributed by atoms with Crippen LogP contribution in [0.1, 0.15) is 23.9 Å². The number of anilines is 1. The van der Waals surface area contributed by atoms with E-state index < -0.39 is 0 Å². The maximum atomic E-state index is 5.71. The molecule has 0 aliphatic rings.